The Bertz CT molecular complexity index is 3050. The number of hydrogen-bond donors (Lipinski definition) is 0. The number of benzene rings is 7. The zero-order valence-electron chi connectivity index (χ0n) is 35.8. The first-order valence-electron chi connectivity index (χ1n) is 21.3. The molecule has 11 rings (SSSR count). The number of nitrogens with zero attached hydrogens (tertiary/aromatic N) is 2. The average molecular weight is 767 g/mol. The van der Waals surface area contributed by atoms with E-state index in [9.17, 15) is 0 Å². The van der Waals surface area contributed by atoms with E-state index in [-0.39, 0.29) is 23.0 Å². The Kier molecular flexibility index (Phi) is 7.51. The van der Waals surface area contributed by atoms with Gasteiger partial charge < -0.3 is 14.2 Å². The third-order valence-electron chi connectivity index (χ3n) is 13.7. The molecule has 0 N–H and O–H groups in total. The van der Waals surface area contributed by atoms with E-state index in [0.717, 1.165) is 34.0 Å². The molecule has 2 aliphatic heterocycles. The fourth-order valence-electron chi connectivity index (χ4n) is 11.2. The van der Waals surface area contributed by atoms with Crippen LogP contribution in [0, 0.1) is 13.8 Å². The van der Waals surface area contributed by atoms with E-state index in [1.54, 1.807) is 0 Å². The molecule has 1 aliphatic carbocycles. The lowest BCUT2D eigenvalue weighted by molar-refractivity contribution is 0.403. The molecule has 7 aromatic carbocycles. The van der Waals surface area contributed by atoms with Gasteiger partial charge in [-0.1, -0.05) is 133 Å². The zero-order valence-corrected chi connectivity index (χ0v) is 35.8. The molecule has 290 valence electrons. The van der Waals surface area contributed by atoms with Crippen molar-refractivity contribution in [3.05, 3.63) is 161 Å². The number of aryl methyl sites for hydroxylation is 2. The van der Waals surface area contributed by atoms with Gasteiger partial charge in [0.25, 0.3) is 6.71 Å². The summed E-state index contributed by atoms with van der Waals surface area (Å²) >= 11 is 0. The summed E-state index contributed by atoms with van der Waals surface area (Å²) in [6.07, 6.45) is 1.12. The number of anilines is 6. The monoisotopic (exact) mass is 766 g/mol. The summed E-state index contributed by atoms with van der Waals surface area (Å²) in [6, 6.07) is 50.4. The van der Waals surface area contributed by atoms with E-state index >= 15 is 0 Å². The maximum Gasteiger partial charge on any atom is 0.252 e. The summed E-state index contributed by atoms with van der Waals surface area (Å²) in [6.45, 7) is 21.4. The van der Waals surface area contributed by atoms with Crippen molar-refractivity contribution in [2.45, 2.75) is 85.0 Å². The molecule has 3 nitrogen and oxygen atoms in total. The summed E-state index contributed by atoms with van der Waals surface area (Å²) < 4.78 is 6.56. The number of rotatable bonds is 3. The number of furan rings is 1. The van der Waals surface area contributed by atoms with Gasteiger partial charge in [-0.15, -0.1) is 0 Å². The molecule has 0 radical (unpaired) electrons. The topological polar surface area (TPSA) is 19.6 Å². The van der Waals surface area contributed by atoms with Crippen LogP contribution in [-0.2, 0) is 16.2 Å². The van der Waals surface area contributed by atoms with Gasteiger partial charge in [-0.25, -0.2) is 0 Å². The van der Waals surface area contributed by atoms with Gasteiger partial charge in [0, 0.05) is 33.8 Å². The maximum atomic E-state index is 6.56. The quantitative estimate of drug-likeness (QED) is 0.167. The first kappa shape index (κ1) is 36.1. The van der Waals surface area contributed by atoms with E-state index in [0.29, 0.717) is 0 Å². The Morgan fingerprint density at radius 1 is 0.542 bits per heavy atom. The van der Waals surface area contributed by atoms with Crippen LogP contribution in [0.2, 0.25) is 0 Å². The highest BCUT2D eigenvalue weighted by molar-refractivity contribution is 7.00. The third-order valence-corrected chi connectivity index (χ3v) is 13.7. The third kappa shape index (κ3) is 5.28. The van der Waals surface area contributed by atoms with Crippen LogP contribution in [0.3, 0.4) is 0 Å². The standard InChI is InChI=1S/C55H51BN2O/c1-33-26-47-52-48(27-33)58(44-28-36(23-22-34(44)2)35-16-11-10-12-17-35)46-31-40-39(54(6,7)32-55(40,8)9)30-42(46)56(52)41-25-24-37(53(3,4)5)29-45(41)57(47)43-19-15-21-50-51(43)38-18-13-14-20-49(38)59-50/h10-31H,32H2,1-9H3. The molecule has 0 atom stereocenters. The van der Waals surface area contributed by atoms with Gasteiger partial charge in [0.05, 0.1) is 11.1 Å². The minimum Gasteiger partial charge on any atom is -0.456 e. The Labute approximate surface area is 349 Å². The van der Waals surface area contributed by atoms with E-state index in [1.807, 2.05) is 0 Å². The van der Waals surface area contributed by atoms with Crippen molar-refractivity contribution in [1.82, 2.24) is 0 Å². The highest BCUT2D eigenvalue weighted by Gasteiger charge is 2.48. The molecule has 0 unspecified atom stereocenters. The Hall–Kier alpha value is -6.00. The van der Waals surface area contributed by atoms with E-state index in [2.05, 4.69) is 206 Å². The van der Waals surface area contributed by atoms with Gasteiger partial charge in [0.15, 0.2) is 0 Å². The number of hydrogen-bond acceptors (Lipinski definition) is 3. The molecule has 3 aliphatic rings. The molecule has 4 heteroatoms. The fraction of sp³-hybridized carbons (Fsp3) is 0.236. The summed E-state index contributed by atoms with van der Waals surface area (Å²) in [5.74, 6) is 0. The Morgan fingerprint density at radius 2 is 1.20 bits per heavy atom. The highest BCUT2D eigenvalue weighted by atomic mass is 16.3. The van der Waals surface area contributed by atoms with Gasteiger partial charge in [-0.2, -0.15) is 0 Å². The minimum atomic E-state index is -0.0356. The van der Waals surface area contributed by atoms with Gasteiger partial charge in [-0.05, 0) is 140 Å². The SMILES string of the molecule is Cc1cc2c3c(c1)N(c1cccc4oc5ccccc5c14)c1cc(C(C)(C)C)ccc1B3c1cc3c(cc1N2c1cc(-c2ccccc2)ccc1C)C(C)(C)CC3(C)C. The maximum absolute atomic E-state index is 6.56. The first-order chi connectivity index (χ1) is 28.2. The molecular weight excluding hydrogens is 715 g/mol. The lowest BCUT2D eigenvalue weighted by Gasteiger charge is -2.45. The largest absolute Gasteiger partial charge is 0.456 e. The van der Waals surface area contributed by atoms with Crippen LogP contribution in [0.15, 0.2) is 138 Å². The molecule has 59 heavy (non-hydrogen) atoms. The molecule has 0 fully saturated rings. The molecule has 0 amide bonds. The van der Waals surface area contributed by atoms with Crippen molar-refractivity contribution in [2.75, 3.05) is 9.80 Å². The van der Waals surface area contributed by atoms with Crippen LogP contribution in [0.25, 0.3) is 33.1 Å². The normalized spacial score (nSPS) is 16.0. The number of fused-ring (bicyclic) bond motifs is 8. The predicted molar refractivity (Wildman–Crippen MR) is 252 cm³/mol. The smallest absolute Gasteiger partial charge is 0.252 e. The summed E-state index contributed by atoms with van der Waals surface area (Å²) in [5, 5.41) is 2.28. The second-order valence-corrected chi connectivity index (χ2v) is 19.9. The fourth-order valence-corrected chi connectivity index (χ4v) is 11.2. The van der Waals surface area contributed by atoms with Crippen molar-refractivity contribution >= 4 is 79.2 Å². The van der Waals surface area contributed by atoms with E-state index in [4.69, 9.17) is 4.42 Å². The van der Waals surface area contributed by atoms with Crippen molar-refractivity contribution in [3.63, 3.8) is 0 Å². The van der Waals surface area contributed by atoms with E-state index in [1.165, 1.54) is 83.8 Å². The lowest BCUT2D eigenvalue weighted by Crippen LogP contribution is -2.61. The summed E-state index contributed by atoms with van der Waals surface area (Å²) in [7, 11) is 0. The van der Waals surface area contributed by atoms with Crippen molar-refractivity contribution < 1.29 is 4.42 Å². The van der Waals surface area contributed by atoms with Crippen molar-refractivity contribution in [1.29, 1.82) is 0 Å². The highest BCUT2D eigenvalue weighted by Crippen LogP contribution is 2.53. The molecule has 8 aromatic rings. The van der Waals surface area contributed by atoms with Crippen LogP contribution in [-0.4, -0.2) is 6.71 Å². The molecule has 0 saturated heterocycles. The zero-order chi connectivity index (χ0) is 40.7. The van der Waals surface area contributed by atoms with Gasteiger partial charge in [-0.3, -0.25) is 0 Å². The van der Waals surface area contributed by atoms with Gasteiger partial charge >= 0.3 is 0 Å². The molecule has 1 aromatic heterocycles. The first-order valence-corrected chi connectivity index (χ1v) is 21.3. The number of para-hydroxylation sites is 1. The Balaban J connectivity index is 1.28. The summed E-state index contributed by atoms with van der Waals surface area (Å²) in [5.41, 5.74) is 22.5. The average Bonchev–Trinajstić information content (AvgIpc) is 3.67. The summed E-state index contributed by atoms with van der Waals surface area (Å²) in [4.78, 5) is 5.20. The van der Waals surface area contributed by atoms with Crippen LogP contribution in [0.1, 0.15) is 82.7 Å². The van der Waals surface area contributed by atoms with Crippen LogP contribution >= 0.6 is 0 Å². The van der Waals surface area contributed by atoms with Crippen LogP contribution in [0.5, 0.6) is 0 Å². The van der Waals surface area contributed by atoms with Crippen molar-refractivity contribution in [3.8, 4) is 11.1 Å². The molecule has 0 bridgehead atoms. The molecular formula is C55H51BN2O. The molecule has 3 heterocycles. The van der Waals surface area contributed by atoms with Crippen molar-refractivity contribution in [2.24, 2.45) is 0 Å². The van der Waals surface area contributed by atoms with Gasteiger partial charge in [0.1, 0.15) is 11.2 Å². The molecule has 0 spiro atoms. The second kappa shape index (κ2) is 12.3. The predicted octanol–water partition coefficient (Wildman–Crippen LogP) is 13.2. The van der Waals surface area contributed by atoms with Gasteiger partial charge in [0.2, 0.25) is 0 Å². The lowest BCUT2D eigenvalue weighted by atomic mass is 9.33. The van der Waals surface area contributed by atoms with Crippen LogP contribution < -0.4 is 26.2 Å². The minimum absolute atomic E-state index is 0.0356. The van der Waals surface area contributed by atoms with Crippen LogP contribution in [0.4, 0.5) is 34.1 Å². The second-order valence-electron chi connectivity index (χ2n) is 19.9. The van der Waals surface area contributed by atoms with E-state index < -0.39 is 0 Å². The molecule has 0 saturated carbocycles. The Morgan fingerprint density at radius 3 is 1.95 bits per heavy atom.